The molecule has 1 aliphatic rings. The highest BCUT2D eigenvalue weighted by atomic mass is 14.9. The molecule has 1 aliphatic heterocycles. The van der Waals surface area contributed by atoms with Gasteiger partial charge in [0.05, 0.1) is 11.6 Å². The number of nitrogens with one attached hydrogen (secondary N) is 1. The second-order valence-corrected chi connectivity index (χ2v) is 1.71. The van der Waals surface area contributed by atoms with Crippen molar-refractivity contribution >= 4 is 0 Å². The summed E-state index contributed by atoms with van der Waals surface area (Å²) < 4.78 is 0. The summed E-state index contributed by atoms with van der Waals surface area (Å²) in [6, 6.07) is 4.31. The molecule has 0 aromatic heterocycles. The van der Waals surface area contributed by atoms with Gasteiger partial charge in [-0.1, -0.05) is 0 Å². The van der Waals surface area contributed by atoms with E-state index in [4.69, 9.17) is 10.5 Å². The quantitative estimate of drug-likeness (QED) is 0.522. The number of allylic oxidation sites excluding steroid dienone is 2. The smallest absolute Gasteiger partial charge is 0.184 e. The first-order chi connectivity index (χ1) is 4.86. The van der Waals surface area contributed by atoms with E-state index in [1.54, 1.807) is 12.2 Å². The Morgan fingerprint density at radius 2 is 2.00 bits per heavy atom. The standard InChI is InChI=1S/C7H4N3/c8-3-6-1-2-7(4-9)10-5-6/h1-2,5,10H. The first kappa shape index (κ1) is 6.38. The molecule has 1 N–H and O–H groups in total. The fourth-order valence-electron chi connectivity index (χ4n) is 0.564. The van der Waals surface area contributed by atoms with Gasteiger partial charge in [-0.05, 0) is 12.2 Å². The lowest BCUT2D eigenvalue weighted by atomic mass is 10.2. The third-order valence-electron chi connectivity index (χ3n) is 1.06. The molecule has 0 bridgehead atoms. The van der Waals surface area contributed by atoms with Gasteiger partial charge in [0.25, 0.3) is 0 Å². The molecular formula is C7H4N3. The van der Waals surface area contributed by atoms with Crippen LogP contribution < -0.4 is 5.32 Å². The lowest BCUT2D eigenvalue weighted by Gasteiger charge is -2.05. The maximum Gasteiger partial charge on any atom is 0.184 e. The number of nitrogens with zero attached hydrogens (tertiary/aromatic N) is 2. The Morgan fingerprint density at radius 3 is 2.40 bits per heavy atom. The number of hydrogen-bond acceptors (Lipinski definition) is 3. The van der Waals surface area contributed by atoms with E-state index in [9.17, 15) is 0 Å². The first-order valence-electron chi connectivity index (χ1n) is 2.69. The summed E-state index contributed by atoms with van der Waals surface area (Å²) in [5.74, 6) is 0. The Kier molecular flexibility index (Phi) is 1.72. The van der Waals surface area contributed by atoms with Gasteiger partial charge in [-0.15, -0.1) is 0 Å². The van der Waals surface area contributed by atoms with Gasteiger partial charge < -0.3 is 5.32 Å². The molecule has 1 heterocycles. The minimum atomic E-state index is 0.457. The number of rotatable bonds is 0. The van der Waals surface area contributed by atoms with Crippen LogP contribution in [0.1, 0.15) is 0 Å². The van der Waals surface area contributed by atoms with Crippen LogP contribution in [0.5, 0.6) is 0 Å². The lowest BCUT2D eigenvalue weighted by molar-refractivity contribution is 0.986. The van der Waals surface area contributed by atoms with Crippen LogP contribution in [0.3, 0.4) is 0 Å². The van der Waals surface area contributed by atoms with Crippen molar-refractivity contribution in [1.82, 2.24) is 5.32 Å². The van der Waals surface area contributed by atoms with Crippen LogP contribution in [-0.4, -0.2) is 0 Å². The van der Waals surface area contributed by atoms with Crippen LogP contribution in [-0.2, 0) is 0 Å². The lowest BCUT2D eigenvalue weighted by Crippen LogP contribution is -2.13. The van der Waals surface area contributed by atoms with Gasteiger partial charge in [0.1, 0.15) is 6.07 Å². The molecule has 0 unspecified atom stereocenters. The molecule has 3 heteroatoms. The first-order valence-corrected chi connectivity index (χ1v) is 2.69. The molecule has 0 amide bonds. The van der Waals surface area contributed by atoms with Crippen LogP contribution in [0, 0.1) is 28.7 Å². The second kappa shape index (κ2) is 2.70. The van der Waals surface area contributed by atoms with E-state index in [1.165, 1.54) is 6.20 Å². The average molecular weight is 130 g/mol. The molecule has 0 fully saturated rings. The maximum atomic E-state index is 8.35. The van der Waals surface area contributed by atoms with E-state index in [2.05, 4.69) is 5.32 Å². The van der Waals surface area contributed by atoms with Crippen LogP contribution in [0.2, 0.25) is 0 Å². The molecule has 1 rings (SSSR count). The fourth-order valence-corrected chi connectivity index (χ4v) is 0.564. The number of nitriles is 2. The normalized spacial score (nSPS) is 16.4. The van der Waals surface area contributed by atoms with E-state index in [-0.39, 0.29) is 0 Å². The molecule has 0 aliphatic carbocycles. The SMILES string of the molecule is N#C[C]1C=CC(C#N)=CN1. The number of dihydropyridines is 1. The zero-order chi connectivity index (χ0) is 7.40. The van der Waals surface area contributed by atoms with Crippen molar-refractivity contribution in [2.24, 2.45) is 0 Å². The molecule has 0 aromatic carbocycles. The van der Waals surface area contributed by atoms with Gasteiger partial charge >= 0.3 is 0 Å². The van der Waals surface area contributed by atoms with Crippen molar-refractivity contribution in [3.8, 4) is 12.1 Å². The van der Waals surface area contributed by atoms with Crippen molar-refractivity contribution < 1.29 is 0 Å². The van der Waals surface area contributed by atoms with Gasteiger partial charge in [-0.25, -0.2) is 0 Å². The van der Waals surface area contributed by atoms with Crippen LogP contribution in [0.25, 0.3) is 0 Å². The van der Waals surface area contributed by atoms with Crippen LogP contribution in [0.4, 0.5) is 0 Å². The van der Waals surface area contributed by atoms with E-state index in [0.29, 0.717) is 11.6 Å². The summed E-state index contributed by atoms with van der Waals surface area (Å²) in [4.78, 5) is 0. The van der Waals surface area contributed by atoms with Gasteiger partial charge in [0.2, 0.25) is 0 Å². The Balaban J connectivity index is 2.68. The van der Waals surface area contributed by atoms with Gasteiger partial charge in [-0.2, -0.15) is 10.5 Å². The second-order valence-electron chi connectivity index (χ2n) is 1.71. The third kappa shape index (κ3) is 1.15. The predicted octanol–water partition coefficient (Wildman–Crippen LogP) is 0.609. The van der Waals surface area contributed by atoms with Gasteiger partial charge in [0, 0.05) is 6.20 Å². The molecule has 0 aromatic rings. The highest BCUT2D eigenvalue weighted by molar-refractivity contribution is 5.42. The van der Waals surface area contributed by atoms with Crippen molar-refractivity contribution in [2.75, 3.05) is 0 Å². The molecule has 47 valence electrons. The summed E-state index contributed by atoms with van der Waals surface area (Å²) in [5, 5.41) is 19.3. The third-order valence-corrected chi connectivity index (χ3v) is 1.06. The zero-order valence-electron chi connectivity index (χ0n) is 5.13. The highest BCUT2D eigenvalue weighted by Crippen LogP contribution is 2.05. The predicted molar refractivity (Wildman–Crippen MR) is 34.8 cm³/mol. The molecule has 0 spiro atoms. The number of hydrogen-bond donors (Lipinski definition) is 1. The Bertz CT molecular complexity index is 262. The molecule has 10 heavy (non-hydrogen) atoms. The molecular weight excluding hydrogens is 126 g/mol. The highest BCUT2D eigenvalue weighted by Gasteiger charge is 2.05. The average Bonchev–Trinajstić information content (AvgIpc) is 2.05. The monoisotopic (exact) mass is 130 g/mol. The fraction of sp³-hybridized carbons (Fsp3) is 0. The Labute approximate surface area is 58.9 Å². The van der Waals surface area contributed by atoms with E-state index < -0.39 is 0 Å². The van der Waals surface area contributed by atoms with Gasteiger partial charge in [0.15, 0.2) is 6.04 Å². The minimum absolute atomic E-state index is 0.457. The Hall–Kier alpha value is -1.74. The topological polar surface area (TPSA) is 59.6 Å². The van der Waals surface area contributed by atoms with Gasteiger partial charge in [-0.3, -0.25) is 0 Å². The summed E-state index contributed by atoms with van der Waals surface area (Å²) >= 11 is 0. The van der Waals surface area contributed by atoms with Crippen LogP contribution >= 0.6 is 0 Å². The van der Waals surface area contributed by atoms with Crippen LogP contribution in [0.15, 0.2) is 23.9 Å². The summed E-state index contributed by atoms with van der Waals surface area (Å²) in [7, 11) is 0. The van der Waals surface area contributed by atoms with E-state index >= 15 is 0 Å². The largest absolute Gasteiger partial charge is 0.366 e. The Morgan fingerprint density at radius 1 is 1.20 bits per heavy atom. The van der Waals surface area contributed by atoms with Crippen molar-refractivity contribution in [3.05, 3.63) is 30.0 Å². The molecule has 1 radical (unpaired) electrons. The molecule has 0 saturated heterocycles. The van der Waals surface area contributed by atoms with Crippen molar-refractivity contribution in [3.63, 3.8) is 0 Å². The molecule has 0 saturated carbocycles. The van der Waals surface area contributed by atoms with Crippen molar-refractivity contribution in [1.29, 1.82) is 10.5 Å². The minimum Gasteiger partial charge on any atom is -0.366 e. The van der Waals surface area contributed by atoms with E-state index in [0.717, 1.165) is 0 Å². The summed E-state index contributed by atoms with van der Waals surface area (Å²) in [6.45, 7) is 0. The zero-order valence-corrected chi connectivity index (χ0v) is 5.13. The van der Waals surface area contributed by atoms with Crippen molar-refractivity contribution in [2.45, 2.75) is 0 Å². The van der Waals surface area contributed by atoms with E-state index in [1.807, 2.05) is 12.1 Å². The summed E-state index contributed by atoms with van der Waals surface area (Å²) in [5.41, 5.74) is 0.527. The molecule has 3 nitrogen and oxygen atoms in total. The summed E-state index contributed by atoms with van der Waals surface area (Å²) in [6.07, 6.45) is 4.66. The maximum absolute atomic E-state index is 8.35. The molecule has 0 atom stereocenters.